The van der Waals surface area contributed by atoms with E-state index in [9.17, 15) is 30.0 Å². The molecule has 11 nitrogen and oxygen atoms in total. The van der Waals surface area contributed by atoms with Crippen molar-refractivity contribution >= 4 is 11.9 Å². The lowest BCUT2D eigenvalue weighted by atomic mass is 9.41. The molecule has 244 valence electrons. The monoisotopic (exact) mass is 617 g/mol. The number of methoxy groups -OCH3 is 3. The maximum Gasteiger partial charge on any atom is 0.331 e. The van der Waals surface area contributed by atoms with Gasteiger partial charge in [0.15, 0.2) is 11.5 Å². The van der Waals surface area contributed by atoms with Crippen LogP contribution in [-0.4, -0.2) is 77.6 Å². The Morgan fingerprint density at radius 1 is 0.977 bits per heavy atom. The third kappa shape index (κ3) is 4.78. The molecule has 0 radical (unpaired) electrons. The van der Waals surface area contributed by atoms with E-state index in [1.54, 1.807) is 27.4 Å². The van der Waals surface area contributed by atoms with E-state index in [0.29, 0.717) is 55.9 Å². The van der Waals surface area contributed by atoms with Gasteiger partial charge in [-0.25, -0.2) is 4.79 Å². The van der Waals surface area contributed by atoms with Crippen LogP contribution in [0, 0.1) is 28.6 Å². The summed E-state index contributed by atoms with van der Waals surface area (Å²) in [5.41, 5.74) is 3.18. The zero-order chi connectivity index (χ0) is 32.1. The van der Waals surface area contributed by atoms with Crippen LogP contribution >= 0.6 is 0 Å². The molecular formula is C33H47NO10. The number of esters is 1. The summed E-state index contributed by atoms with van der Waals surface area (Å²) in [5.74, 6) is 0.0355. The summed E-state index contributed by atoms with van der Waals surface area (Å²) in [6.45, 7) is 2.81. The van der Waals surface area contributed by atoms with Crippen LogP contribution in [0.5, 0.6) is 17.2 Å². The fourth-order valence-electron chi connectivity index (χ4n) is 9.74. The summed E-state index contributed by atoms with van der Waals surface area (Å²) in [7, 11) is 4.73. The summed E-state index contributed by atoms with van der Waals surface area (Å²) >= 11 is 0. The lowest BCUT2D eigenvalue weighted by Crippen LogP contribution is -2.70. The molecule has 0 spiro atoms. The Hall–Kier alpha value is -2.86. The number of fused-ring (bicyclic) bond motifs is 5. The molecule has 0 aromatic heterocycles. The molecule has 1 aliphatic heterocycles. The van der Waals surface area contributed by atoms with Crippen molar-refractivity contribution in [2.24, 2.45) is 34.3 Å². The van der Waals surface area contributed by atoms with Crippen LogP contribution in [0.25, 0.3) is 0 Å². The van der Waals surface area contributed by atoms with Gasteiger partial charge in [-0.1, -0.05) is 6.92 Å². The molecular weight excluding hydrogens is 570 g/mol. The van der Waals surface area contributed by atoms with Gasteiger partial charge >= 0.3 is 11.9 Å². The van der Waals surface area contributed by atoms with Crippen LogP contribution < -0.4 is 19.9 Å². The second-order valence-corrected chi connectivity index (χ2v) is 13.5. The molecule has 1 heterocycles. The van der Waals surface area contributed by atoms with E-state index in [1.165, 1.54) is 0 Å². The first-order valence-corrected chi connectivity index (χ1v) is 15.6. The lowest BCUT2D eigenvalue weighted by molar-refractivity contribution is -0.260. The van der Waals surface area contributed by atoms with Crippen LogP contribution in [0.1, 0.15) is 70.3 Å². The van der Waals surface area contributed by atoms with Crippen molar-refractivity contribution in [2.75, 3.05) is 27.9 Å². The van der Waals surface area contributed by atoms with Crippen molar-refractivity contribution < 1.29 is 49.0 Å². The maximum absolute atomic E-state index is 12.7. The number of carbonyl (C=O) groups excluding carboxylic acids is 1. The number of ether oxygens (including phenoxy) is 4. The Morgan fingerprint density at radius 2 is 1.64 bits per heavy atom. The van der Waals surface area contributed by atoms with Crippen molar-refractivity contribution in [3.8, 4) is 17.2 Å². The average molecular weight is 618 g/mol. The van der Waals surface area contributed by atoms with Gasteiger partial charge in [-0.3, -0.25) is 4.79 Å². The van der Waals surface area contributed by atoms with E-state index < -0.39 is 34.1 Å². The molecule has 11 heteroatoms. The van der Waals surface area contributed by atoms with Crippen LogP contribution in [0.2, 0.25) is 0 Å². The van der Waals surface area contributed by atoms with Gasteiger partial charge in [0.05, 0.1) is 44.1 Å². The van der Waals surface area contributed by atoms with Crippen molar-refractivity contribution in [3.05, 3.63) is 29.3 Å². The highest BCUT2D eigenvalue weighted by atomic mass is 16.5. The summed E-state index contributed by atoms with van der Waals surface area (Å²) in [5, 5.41) is 44.1. The van der Waals surface area contributed by atoms with Gasteiger partial charge in [-0.05, 0) is 92.4 Å². The fraction of sp³-hybridized carbons (Fsp3) is 0.697. The van der Waals surface area contributed by atoms with Crippen molar-refractivity contribution in [1.82, 2.24) is 0 Å². The highest BCUT2D eigenvalue weighted by Crippen LogP contribution is 2.70. The predicted octanol–water partition coefficient (Wildman–Crippen LogP) is 2.96. The lowest BCUT2D eigenvalue weighted by Gasteiger charge is -2.65. The second kappa shape index (κ2) is 11.8. The number of cyclic esters (lactones) is 1. The Bertz CT molecular complexity index is 1290. The maximum atomic E-state index is 12.7. The second-order valence-electron chi connectivity index (χ2n) is 13.5. The zero-order valence-corrected chi connectivity index (χ0v) is 26.1. The molecule has 8 unspecified atom stereocenters. The number of aliphatic hydroxyl groups is 3. The van der Waals surface area contributed by atoms with E-state index in [2.05, 4.69) is 6.92 Å². The third-order valence-electron chi connectivity index (χ3n) is 11.9. The molecule has 5 aliphatic rings. The number of carboxylic acids is 1. The van der Waals surface area contributed by atoms with Gasteiger partial charge in [-0.2, -0.15) is 0 Å². The molecule has 1 aromatic carbocycles. The van der Waals surface area contributed by atoms with E-state index in [0.717, 1.165) is 17.6 Å². The Balaban J connectivity index is 0.000000232. The molecule has 6 rings (SSSR count). The quantitative estimate of drug-likeness (QED) is 0.297. The average Bonchev–Trinajstić information content (AvgIpc) is 3.55. The summed E-state index contributed by atoms with van der Waals surface area (Å²) in [4.78, 5) is 24.3. The van der Waals surface area contributed by atoms with E-state index in [1.807, 2.05) is 12.1 Å². The van der Waals surface area contributed by atoms with Crippen molar-refractivity contribution in [2.45, 2.75) is 88.6 Å². The first-order chi connectivity index (χ1) is 20.8. The normalized spacial score (nSPS) is 39.0. The predicted molar refractivity (Wildman–Crippen MR) is 159 cm³/mol. The molecule has 1 aromatic rings. The molecule has 0 bridgehead atoms. The Kier molecular flexibility index (Phi) is 8.74. The molecule has 6 N–H and O–H groups in total. The van der Waals surface area contributed by atoms with Gasteiger partial charge < -0.3 is 45.1 Å². The minimum Gasteiger partial charge on any atom is -0.493 e. The zero-order valence-electron chi connectivity index (χ0n) is 26.1. The molecule has 0 saturated heterocycles. The minimum absolute atomic E-state index is 0.0460. The molecule has 4 aliphatic carbocycles. The minimum atomic E-state index is -1.44. The first kappa shape index (κ1) is 32.5. The highest BCUT2D eigenvalue weighted by Gasteiger charge is 2.73. The van der Waals surface area contributed by atoms with Crippen LogP contribution in [0.3, 0.4) is 0 Å². The summed E-state index contributed by atoms with van der Waals surface area (Å²) < 4.78 is 20.6. The molecule has 4 fully saturated rings. The van der Waals surface area contributed by atoms with Crippen LogP contribution in [0.15, 0.2) is 23.8 Å². The smallest absolute Gasteiger partial charge is 0.331 e. The number of carbonyl (C=O) groups is 2. The number of aliphatic hydroxyl groups excluding tert-OH is 1. The van der Waals surface area contributed by atoms with Gasteiger partial charge in [0.25, 0.3) is 0 Å². The van der Waals surface area contributed by atoms with Gasteiger partial charge in [0.1, 0.15) is 6.61 Å². The number of rotatable bonds is 6. The van der Waals surface area contributed by atoms with Gasteiger partial charge in [0.2, 0.25) is 5.75 Å². The highest BCUT2D eigenvalue weighted by molar-refractivity contribution is 5.85. The number of benzene rings is 1. The Labute approximate surface area is 258 Å². The molecule has 44 heavy (non-hydrogen) atoms. The third-order valence-corrected chi connectivity index (χ3v) is 11.9. The van der Waals surface area contributed by atoms with E-state index >= 15 is 0 Å². The largest absolute Gasteiger partial charge is 0.493 e. The summed E-state index contributed by atoms with van der Waals surface area (Å²) in [6.07, 6.45) is 5.00. The van der Waals surface area contributed by atoms with Crippen LogP contribution in [-0.2, 0) is 20.9 Å². The number of hydrogen-bond donors (Lipinski definition) is 5. The number of aliphatic carboxylic acids is 1. The molecule has 0 amide bonds. The van der Waals surface area contributed by atoms with Crippen molar-refractivity contribution in [3.63, 3.8) is 0 Å². The number of nitrogens with two attached hydrogens (primary N) is 1. The van der Waals surface area contributed by atoms with Gasteiger partial charge in [0, 0.05) is 24.5 Å². The summed E-state index contributed by atoms with van der Waals surface area (Å²) in [6, 6.07) is 3.67. The van der Waals surface area contributed by atoms with Gasteiger partial charge in [-0.15, -0.1) is 0 Å². The fourth-order valence-corrected chi connectivity index (χ4v) is 9.74. The number of hydrogen-bond acceptors (Lipinski definition) is 10. The molecule has 4 saturated carbocycles. The van der Waals surface area contributed by atoms with E-state index in [-0.39, 0.29) is 49.6 Å². The molecule has 8 atom stereocenters. The standard InChI is InChI=1S/C23H32O7.C10H15NO3/c1-20-6-3-16-17(23(20,29)9-5-15(20)13-10-18(25)30-12-13)4-7-21(28)11-14(24)2-8-22(16,21)19(26)27;1-12-8-4-7(6-11)5-9(13-2)10(8)14-3/h10,14-17,24,28-29H,2-9,11-12H2,1H3,(H,26,27);4-5H,6,11H2,1-3H3. The van der Waals surface area contributed by atoms with Crippen molar-refractivity contribution in [1.29, 1.82) is 0 Å². The SMILES string of the molecule is CC12CCC3C(CCC4(O)CC(O)CCC34C(=O)O)C1(O)CCC2C1=CC(=O)OC1.COc1cc(CN)cc(OC)c1OC. The van der Waals surface area contributed by atoms with E-state index in [4.69, 9.17) is 24.7 Å². The Morgan fingerprint density at radius 3 is 2.18 bits per heavy atom. The number of carboxylic acid groups (broad SMARTS) is 1. The first-order valence-electron chi connectivity index (χ1n) is 15.6. The van der Waals surface area contributed by atoms with Crippen LogP contribution in [0.4, 0.5) is 0 Å². The topological polar surface area (TPSA) is 178 Å².